The van der Waals surface area contributed by atoms with Crippen molar-refractivity contribution < 1.29 is 9.59 Å². The van der Waals surface area contributed by atoms with Gasteiger partial charge in [0.2, 0.25) is 0 Å². The standard InChI is InChI=1S/C13H11BrN2O2S/c1-8-2-7-11(19-8)13(18)16-15-12(17)9-3-5-10(14)6-4-9/h2-7H,1H3,(H,15,17)(H,16,18). The number of amides is 2. The van der Waals surface area contributed by atoms with Gasteiger partial charge < -0.3 is 0 Å². The zero-order valence-corrected chi connectivity index (χ0v) is 12.5. The van der Waals surface area contributed by atoms with E-state index in [2.05, 4.69) is 26.8 Å². The fourth-order valence-corrected chi connectivity index (χ4v) is 2.43. The molecule has 2 N–H and O–H groups in total. The van der Waals surface area contributed by atoms with Gasteiger partial charge in [-0.2, -0.15) is 0 Å². The molecule has 2 rings (SSSR count). The van der Waals surface area contributed by atoms with Crippen LogP contribution in [0.15, 0.2) is 40.9 Å². The quantitative estimate of drug-likeness (QED) is 0.827. The van der Waals surface area contributed by atoms with Gasteiger partial charge >= 0.3 is 0 Å². The molecular weight excluding hydrogens is 328 g/mol. The molecular formula is C13H11BrN2O2S. The fourth-order valence-electron chi connectivity index (χ4n) is 1.41. The molecule has 0 spiro atoms. The normalized spacial score (nSPS) is 10.0. The van der Waals surface area contributed by atoms with Gasteiger partial charge in [0.15, 0.2) is 0 Å². The van der Waals surface area contributed by atoms with Gasteiger partial charge in [-0.15, -0.1) is 11.3 Å². The van der Waals surface area contributed by atoms with Gasteiger partial charge in [-0.05, 0) is 43.3 Å². The van der Waals surface area contributed by atoms with Crippen molar-refractivity contribution in [2.24, 2.45) is 0 Å². The summed E-state index contributed by atoms with van der Waals surface area (Å²) in [5.74, 6) is -0.669. The zero-order valence-electron chi connectivity index (χ0n) is 10.1. The van der Waals surface area contributed by atoms with Crippen LogP contribution >= 0.6 is 27.3 Å². The van der Waals surface area contributed by atoms with Crippen LogP contribution in [0.2, 0.25) is 0 Å². The second-order valence-electron chi connectivity index (χ2n) is 3.83. The van der Waals surface area contributed by atoms with E-state index in [0.717, 1.165) is 9.35 Å². The minimum atomic E-state index is -0.353. The van der Waals surface area contributed by atoms with Crippen molar-refractivity contribution >= 4 is 39.1 Å². The lowest BCUT2D eigenvalue weighted by Gasteiger charge is -2.06. The van der Waals surface area contributed by atoms with Crippen LogP contribution in [0.1, 0.15) is 24.9 Å². The Hall–Kier alpha value is -1.66. The molecule has 0 atom stereocenters. The molecule has 1 aromatic heterocycles. The molecule has 0 unspecified atom stereocenters. The molecule has 0 fully saturated rings. The smallest absolute Gasteiger partial charge is 0.267 e. The van der Waals surface area contributed by atoms with Crippen molar-refractivity contribution in [3.63, 3.8) is 0 Å². The summed E-state index contributed by atoms with van der Waals surface area (Å²) >= 11 is 4.67. The van der Waals surface area contributed by atoms with Gasteiger partial charge in [0.1, 0.15) is 0 Å². The summed E-state index contributed by atoms with van der Waals surface area (Å²) in [7, 11) is 0. The third kappa shape index (κ3) is 3.65. The first-order valence-corrected chi connectivity index (χ1v) is 7.10. The van der Waals surface area contributed by atoms with E-state index >= 15 is 0 Å². The Morgan fingerprint density at radius 1 is 1.00 bits per heavy atom. The van der Waals surface area contributed by atoms with Gasteiger partial charge in [-0.3, -0.25) is 20.4 Å². The number of carbonyl (C=O) groups excluding carboxylic acids is 2. The molecule has 0 saturated carbocycles. The number of thiophene rings is 1. The minimum Gasteiger partial charge on any atom is -0.267 e. The highest BCUT2D eigenvalue weighted by atomic mass is 79.9. The number of halogens is 1. The molecule has 4 nitrogen and oxygen atoms in total. The molecule has 2 aromatic rings. The highest BCUT2D eigenvalue weighted by Gasteiger charge is 2.10. The number of benzene rings is 1. The van der Waals surface area contributed by atoms with E-state index in [1.165, 1.54) is 11.3 Å². The molecule has 1 heterocycles. The molecule has 0 aliphatic rings. The van der Waals surface area contributed by atoms with E-state index < -0.39 is 0 Å². The van der Waals surface area contributed by atoms with Gasteiger partial charge in [-0.1, -0.05) is 15.9 Å². The second-order valence-corrected chi connectivity index (χ2v) is 6.03. The number of carbonyl (C=O) groups is 2. The lowest BCUT2D eigenvalue weighted by Crippen LogP contribution is -2.41. The number of rotatable bonds is 2. The van der Waals surface area contributed by atoms with Crippen molar-refractivity contribution in [1.29, 1.82) is 0 Å². The zero-order chi connectivity index (χ0) is 13.8. The lowest BCUT2D eigenvalue weighted by atomic mass is 10.2. The average molecular weight is 339 g/mol. The first kappa shape index (κ1) is 13.8. The monoisotopic (exact) mass is 338 g/mol. The van der Waals surface area contributed by atoms with Gasteiger partial charge in [0.05, 0.1) is 4.88 Å². The highest BCUT2D eigenvalue weighted by Crippen LogP contribution is 2.14. The molecule has 2 amide bonds. The Bertz CT molecular complexity index is 607. The number of nitrogens with one attached hydrogen (secondary N) is 2. The maximum Gasteiger partial charge on any atom is 0.279 e. The summed E-state index contributed by atoms with van der Waals surface area (Å²) in [4.78, 5) is 25.1. The second kappa shape index (κ2) is 5.99. The molecule has 0 aliphatic carbocycles. The predicted octanol–water partition coefficient (Wildman–Crippen LogP) is 2.89. The van der Waals surface area contributed by atoms with Crippen LogP contribution in [0.25, 0.3) is 0 Å². The summed E-state index contributed by atoms with van der Waals surface area (Å²) in [6.45, 7) is 1.92. The number of hydrogen-bond acceptors (Lipinski definition) is 3. The maximum atomic E-state index is 11.8. The minimum absolute atomic E-state index is 0.316. The molecule has 0 radical (unpaired) electrons. The summed E-state index contributed by atoms with van der Waals surface area (Å²) in [5.41, 5.74) is 5.24. The van der Waals surface area contributed by atoms with E-state index in [0.29, 0.717) is 10.4 Å². The van der Waals surface area contributed by atoms with E-state index in [1.807, 2.05) is 13.0 Å². The molecule has 98 valence electrons. The molecule has 1 aromatic carbocycles. The van der Waals surface area contributed by atoms with Crippen molar-refractivity contribution in [2.75, 3.05) is 0 Å². The van der Waals surface area contributed by atoms with Crippen molar-refractivity contribution in [1.82, 2.24) is 10.9 Å². The largest absolute Gasteiger partial charge is 0.279 e. The molecule has 0 bridgehead atoms. The van der Waals surface area contributed by atoms with E-state index in [1.54, 1.807) is 30.3 Å². The first-order chi connectivity index (χ1) is 9.06. The first-order valence-electron chi connectivity index (χ1n) is 5.49. The van der Waals surface area contributed by atoms with Gasteiger partial charge in [0, 0.05) is 14.9 Å². The van der Waals surface area contributed by atoms with Gasteiger partial charge in [-0.25, -0.2) is 0 Å². The van der Waals surface area contributed by atoms with Crippen LogP contribution in [-0.2, 0) is 0 Å². The summed E-state index contributed by atoms with van der Waals surface area (Å²) in [6, 6.07) is 10.4. The Kier molecular flexibility index (Phi) is 4.34. The van der Waals surface area contributed by atoms with E-state index in [-0.39, 0.29) is 11.8 Å². The fraction of sp³-hybridized carbons (Fsp3) is 0.0769. The van der Waals surface area contributed by atoms with Crippen molar-refractivity contribution in [3.05, 3.63) is 56.2 Å². The number of hydrogen-bond donors (Lipinski definition) is 2. The van der Waals surface area contributed by atoms with Crippen molar-refractivity contribution in [3.8, 4) is 0 Å². The highest BCUT2D eigenvalue weighted by molar-refractivity contribution is 9.10. The van der Waals surface area contributed by atoms with Crippen molar-refractivity contribution in [2.45, 2.75) is 6.92 Å². The Balaban J connectivity index is 1.93. The van der Waals surface area contributed by atoms with Crippen LogP contribution in [0.4, 0.5) is 0 Å². The van der Waals surface area contributed by atoms with E-state index in [4.69, 9.17) is 0 Å². The average Bonchev–Trinajstić information content (AvgIpc) is 2.83. The Labute approximate surface area is 122 Å². The topological polar surface area (TPSA) is 58.2 Å². The van der Waals surface area contributed by atoms with Crippen LogP contribution in [0.5, 0.6) is 0 Å². The summed E-state index contributed by atoms with van der Waals surface area (Å²) in [5, 5.41) is 0. The Morgan fingerprint density at radius 3 is 2.21 bits per heavy atom. The Morgan fingerprint density at radius 2 is 1.63 bits per heavy atom. The van der Waals surface area contributed by atoms with E-state index in [9.17, 15) is 9.59 Å². The summed E-state index contributed by atoms with van der Waals surface area (Å²) < 4.78 is 0.891. The number of aryl methyl sites for hydroxylation is 1. The third-order valence-electron chi connectivity index (χ3n) is 2.36. The van der Waals surface area contributed by atoms with Crippen LogP contribution in [0, 0.1) is 6.92 Å². The third-order valence-corrected chi connectivity index (χ3v) is 3.89. The molecule has 0 saturated heterocycles. The molecule has 19 heavy (non-hydrogen) atoms. The predicted molar refractivity (Wildman–Crippen MR) is 78.1 cm³/mol. The van der Waals surface area contributed by atoms with Crippen LogP contribution in [-0.4, -0.2) is 11.8 Å². The van der Waals surface area contributed by atoms with Crippen LogP contribution in [0.3, 0.4) is 0 Å². The maximum absolute atomic E-state index is 11.8. The van der Waals surface area contributed by atoms with Crippen LogP contribution < -0.4 is 10.9 Å². The molecule has 6 heteroatoms. The lowest BCUT2D eigenvalue weighted by molar-refractivity contribution is 0.0849. The van der Waals surface area contributed by atoms with Gasteiger partial charge in [0.25, 0.3) is 11.8 Å². The molecule has 0 aliphatic heterocycles. The SMILES string of the molecule is Cc1ccc(C(=O)NNC(=O)c2ccc(Br)cc2)s1. The summed E-state index contributed by atoms with van der Waals surface area (Å²) in [6.07, 6.45) is 0. The number of hydrazine groups is 1.